The fourth-order valence-electron chi connectivity index (χ4n) is 1.19. The summed E-state index contributed by atoms with van der Waals surface area (Å²) < 4.78 is 0. The van der Waals surface area contributed by atoms with Crippen LogP contribution in [0.1, 0.15) is 23.0 Å². The van der Waals surface area contributed by atoms with Crippen molar-refractivity contribution in [2.24, 2.45) is 0 Å². The van der Waals surface area contributed by atoms with Crippen LogP contribution in [0.15, 0.2) is 18.3 Å². The molecule has 0 atom stereocenters. The van der Waals surface area contributed by atoms with Crippen molar-refractivity contribution in [1.29, 1.82) is 0 Å². The number of aromatic nitrogens is 1. The highest BCUT2D eigenvalue weighted by atomic mass is 16.2. The molecular formula is C12H14N2O. The van der Waals surface area contributed by atoms with Gasteiger partial charge in [0.1, 0.15) is 0 Å². The summed E-state index contributed by atoms with van der Waals surface area (Å²) in [5.74, 6) is 2.33. The maximum Gasteiger partial charge on any atom is 0.255 e. The molecule has 3 heteroatoms. The van der Waals surface area contributed by atoms with Crippen LogP contribution < -0.4 is 0 Å². The third-order valence-corrected chi connectivity index (χ3v) is 2.11. The first-order chi connectivity index (χ1) is 7.19. The molecule has 3 nitrogen and oxygen atoms in total. The van der Waals surface area contributed by atoms with E-state index in [-0.39, 0.29) is 5.91 Å². The van der Waals surface area contributed by atoms with Crippen molar-refractivity contribution in [2.45, 2.75) is 13.3 Å². The molecule has 0 aliphatic carbocycles. The molecule has 0 radical (unpaired) electrons. The van der Waals surface area contributed by atoms with E-state index in [1.807, 2.05) is 13.0 Å². The Hall–Kier alpha value is -1.82. The molecule has 1 amide bonds. The van der Waals surface area contributed by atoms with E-state index in [0.717, 1.165) is 12.1 Å². The molecule has 0 saturated carbocycles. The minimum absolute atomic E-state index is 0.0943. The zero-order valence-electron chi connectivity index (χ0n) is 9.03. The van der Waals surface area contributed by atoms with Crippen LogP contribution in [0.25, 0.3) is 0 Å². The van der Waals surface area contributed by atoms with E-state index in [2.05, 4.69) is 10.9 Å². The summed E-state index contributed by atoms with van der Waals surface area (Å²) in [6, 6.07) is 3.64. The molecule has 0 saturated heterocycles. The fraction of sp³-hybridized carbons (Fsp3) is 0.333. The quantitative estimate of drug-likeness (QED) is 0.693. The van der Waals surface area contributed by atoms with Crippen LogP contribution in [0.5, 0.6) is 0 Å². The molecule has 0 aliphatic heterocycles. The lowest BCUT2D eigenvalue weighted by molar-refractivity contribution is 0.0812. The highest BCUT2D eigenvalue weighted by molar-refractivity contribution is 5.93. The van der Waals surface area contributed by atoms with Crippen molar-refractivity contribution in [2.75, 3.05) is 13.6 Å². The zero-order chi connectivity index (χ0) is 11.3. The largest absolute Gasteiger partial charge is 0.331 e. The van der Waals surface area contributed by atoms with Gasteiger partial charge in [-0.25, -0.2) is 0 Å². The number of amides is 1. The van der Waals surface area contributed by atoms with Gasteiger partial charge in [0.05, 0.1) is 12.1 Å². The average molecular weight is 202 g/mol. The van der Waals surface area contributed by atoms with Gasteiger partial charge in [-0.3, -0.25) is 9.78 Å². The molecule has 0 N–H and O–H groups in total. The van der Waals surface area contributed by atoms with Gasteiger partial charge in [-0.05, 0) is 18.6 Å². The fourth-order valence-corrected chi connectivity index (χ4v) is 1.19. The molecule has 0 spiro atoms. The van der Waals surface area contributed by atoms with E-state index >= 15 is 0 Å². The lowest BCUT2D eigenvalue weighted by atomic mass is 10.2. The highest BCUT2D eigenvalue weighted by Crippen LogP contribution is 2.03. The van der Waals surface area contributed by atoms with Gasteiger partial charge in [-0.1, -0.05) is 12.8 Å². The van der Waals surface area contributed by atoms with Crippen molar-refractivity contribution in [3.05, 3.63) is 29.6 Å². The van der Waals surface area contributed by atoms with Crippen LogP contribution in [0.3, 0.4) is 0 Å². The van der Waals surface area contributed by atoms with E-state index in [1.165, 1.54) is 4.90 Å². The first-order valence-corrected chi connectivity index (χ1v) is 4.83. The average Bonchev–Trinajstić information content (AvgIpc) is 2.28. The van der Waals surface area contributed by atoms with Crippen LogP contribution in [0, 0.1) is 12.3 Å². The minimum Gasteiger partial charge on any atom is -0.331 e. The minimum atomic E-state index is -0.0943. The number of aryl methyl sites for hydroxylation is 1. The van der Waals surface area contributed by atoms with Crippen LogP contribution in [0.4, 0.5) is 0 Å². The Morgan fingerprint density at radius 3 is 2.80 bits per heavy atom. The van der Waals surface area contributed by atoms with Gasteiger partial charge in [-0.2, -0.15) is 0 Å². The topological polar surface area (TPSA) is 33.2 Å². The lowest BCUT2D eigenvalue weighted by Crippen LogP contribution is -2.27. The second kappa shape index (κ2) is 5.16. The van der Waals surface area contributed by atoms with Crippen LogP contribution in [0.2, 0.25) is 0 Å². The first kappa shape index (κ1) is 11.3. The molecule has 0 unspecified atom stereocenters. The second-order valence-corrected chi connectivity index (χ2v) is 3.26. The molecule has 0 bridgehead atoms. The molecule has 1 heterocycles. The standard InChI is InChI=1S/C12H14N2O/c1-4-8-14(3)12(15)10-6-7-11(5-2)13-9-10/h1,6-7,9H,5,8H2,2-3H3. The molecule has 0 fully saturated rings. The predicted molar refractivity (Wildman–Crippen MR) is 59.4 cm³/mol. The third-order valence-electron chi connectivity index (χ3n) is 2.11. The molecule has 0 aliphatic rings. The number of hydrogen-bond donors (Lipinski definition) is 0. The number of carbonyl (C=O) groups is 1. The Morgan fingerprint density at radius 2 is 2.33 bits per heavy atom. The summed E-state index contributed by atoms with van der Waals surface area (Å²) in [7, 11) is 1.68. The summed E-state index contributed by atoms with van der Waals surface area (Å²) in [6.45, 7) is 2.34. The molecule has 78 valence electrons. The van der Waals surface area contributed by atoms with E-state index in [9.17, 15) is 4.79 Å². The van der Waals surface area contributed by atoms with Crippen molar-refractivity contribution in [3.63, 3.8) is 0 Å². The lowest BCUT2D eigenvalue weighted by Gasteiger charge is -2.13. The van der Waals surface area contributed by atoms with E-state index in [1.54, 1.807) is 19.3 Å². The molecule has 1 rings (SSSR count). The molecule has 15 heavy (non-hydrogen) atoms. The van der Waals surface area contributed by atoms with Crippen molar-refractivity contribution < 1.29 is 4.79 Å². The zero-order valence-corrected chi connectivity index (χ0v) is 9.03. The van der Waals surface area contributed by atoms with E-state index in [0.29, 0.717) is 12.1 Å². The van der Waals surface area contributed by atoms with Crippen molar-refractivity contribution in [1.82, 2.24) is 9.88 Å². The smallest absolute Gasteiger partial charge is 0.255 e. The van der Waals surface area contributed by atoms with Gasteiger partial charge in [0.15, 0.2) is 0 Å². The van der Waals surface area contributed by atoms with E-state index < -0.39 is 0 Å². The number of pyridine rings is 1. The second-order valence-electron chi connectivity index (χ2n) is 3.26. The maximum atomic E-state index is 11.7. The van der Waals surface area contributed by atoms with Gasteiger partial charge >= 0.3 is 0 Å². The molecule has 0 aromatic carbocycles. The van der Waals surface area contributed by atoms with Gasteiger partial charge in [0.25, 0.3) is 5.91 Å². The Kier molecular flexibility index (Phi) is 3.87. The maximum absolute atomic E-state index is 11.7. The Balaban J connectivity index is 2.79. The van der Waals surface area contributed by atoms with Crippen molar-refractivity contribution >= 4 is 5.91 Å². The summed E-state index contributed by atoms with van der Waals surface area (Å²) in [4.78, 5) is 17.4. The third kappa shape index (κ3) is 2.81. The van der Waals surface area contributed by atoms with Gasteiger partial charge in [0, 0.05) is 18.9 Å². The normalized spacial score (nSPS) is 9.40. The van der Waals surface area contributed by atoms with Crippen LogP contribution >= 0.6 is 0 Å². The Labute approximate surface area is 90.1 Å². The Morgan fingerprint density at radius 1 is 1.60 bits per heavy atom. The van der Waals surface area contributed by atoms with Crippen molar-refractivity contribution in [3.8, 4) is 12.3 Å². The number of hydrogen-bond acceptors (Lipinski definition) is 2. The SMILES string of the molecule is C#CCN(C)C(=O)c1ccc(CC)nc1. The number of carbonyl (C=O) groups excluding carboxylic acids is 1. The number of terminal acetylenes is 1. The van der Waals surface area contributed by atoms with Crippen LogP contribution in [-0.2, 0) is 6.42 Å². The van der Waals surface area contributed by atoms with Gasteiger partial charge in [0.2, 0.25) is 0 Å². The Bertz CT molecular complexity index is 376. The summed E-state index contributed by atoms with van der Waals surface area (Å²) >= 11 is 0. The molecule has 1 aromatic rings. The molecular weight excluding hydrogens is 188 g/mol. The summed E-state index contributed by atoms with van der Waals surface area (Å²) in [5, 5.41) is 0. The highest BCUT2D eigenvalue weighted by Gasteiger charge is 2.10. The van der Waals surface area contributed by atoms with E-state index in [4.69, 9.17) is 6.42 Å². The monoisotopic (exact) mass is 202 g/mol. The first-order valence-electron chi connectivity index (χ1n) is 4.83. The summed E-state index contributed by atoms with van der Waals surface area (Å²) in [6.07, 6.45) is 7.59. The van der Waals surface area contributed by atoms with Gasteiger partial charge < -0.3 is 4.90 Å². The molecule has 1 aromatic heterocycles. The predicted octanol–water partition coefficient (Wildman–Crippen LogP) is 1.35. The number of rotatable bonds is 3. The van der Waals surface area contributed by atoms with Gasteiger partial charge in [-0.15, -0.1) is 6.42 Å². The number of nitrogens with zero attached hydrogens (tertiary/aromatic N) is 2. The van der Waals surface area contributed by atoms with Crippen LogP contribution in [-0.4, -0.2) is 29.4 Å². The summed E-state index contributed by atoms with van der Waals surface area (Å²) in [5.41, 5.74) is 1.55.